The fraction of sp³-hybridized carbons (Fsp3) is 0.250. The van der Waals surface area contributed by atoms with E-state index in [9.17, 15) is 0 Å². The molecule has 0 saturated carbocycles. The number of para-hydroxylation sites is 1. The largest absolute Gasteiger partial charge is 0.484 e. The highest BCUT2D eigenvalue weighted by molar-refractivity contribution is 9.10. The first-order valence-corrected chi connectivity index (χ1v) is 6.57. The van der Waals surface area contributed by atoms with E-state index < -0.39 is 0 Å². The van der Waals surface area contributed by atoms with Crippen LogP contribution in [0.3, 0.4) is 0 Å². The molecule has 1 aromatic heterocycles. The molecule has 0 amide bonds. The van der Waals surface area contributed by atoms with Crippen molar-refractivity contribution in [3.63, 3.8) is 0 Å². The molecule has 0 spiro atoms. The number of benzene rings is 1. The highest BCUT2D eigenvalue weighted by Gasteiger charge is 2.10. The molecule has 0 unspecified atom stereocenters. The van der Waals surface area contributed by atoms with Gasteiger partial charge in [0.05, 0.1) is 10.7 Å². The second-order valence-electron chi connectivity index (χ2n) is 3.78. The molecule has 2 N–H and O–H groups in total. The van der Waals surface area contributed by atoms with Crippen LogP contribution in [0.1, 0.15) is 11.4 Å². The van der Waals surface area contributed by atoms with E-state index in [1.807, 2.05) is 25.2 Å². The van der Waals surface area contributed by atoms with Gasteiger partial charge in [0.1, 0.15) is 23.3 Å². The van der Waals surface area contributed by atoms with Gasteiger partial charge in [-0.15, -0.1) is 0 Å². The lowest BCUT2D eigenvalue weighted by atomic mass is 10.2. The van der Waals surface area contributed by atoms with E-state index in [-0.39, 0.29) is 0 Å². The molecule has 0 atom stereocenters. The Kier molecular flexibility index (Phi) is 4.27. The second-order valence-corrected chi connectivity index (χ2v) is 5.02. The monoisotopic (exact) mass is 329 g/mol. The van der Waals surface area contributed by atoms with Gasteiger partial charge in [-0.2, -0.15) is 0 Å². The predicted octanol–water partition coefficient (Wildman–Crippen LogP) is 2.87. The van der Waals surface area contributed by atoms with Crippen molar-refractivity contribution >= 4 is 27.5 Å². The smallest absolute Gasteiger partial charge is 0.147 e. The highest BCUT2D eigenvalue weighted by Crippen LogP contribution is 2.29. The molecule has 6 heteroatoms. The van der Waals surface area contributed by atoms with Crippen molar-refractivity contribution < 1.29 is 4.74 Å². The maximum absolute atomic E-state index is 5.92. The zero-order valence-electron chi connectivity index (χ0n) is 9.86. The molecule has 0 bridgehead atoms. The van der Waals surface area contributed by atoms with Crippen LogP contribution in [0.4, 0.5) is 0 Å². The summed E-state index contributed by atoms with van der Waals surface area (Å²) >= 11 is 9.37. The third kappa shape index (κ3) is 2.68. The predicted molar refractivity (Wildman–Crippen MR) is 74.6 cm³/mol. The molecule has 0 fully saturated rings. The van der Waals surface area contributed by atoms with Gasteiger partial charge in [-0.05, 0) is 22.0 Å². The molecule has 1 aromatic carbocycles. The van der Waals surface area contributed by atoms with Crippen molar-refractivity contribution in [2.75, 3.05) is 0 Å². The Hall–Kier alpha value is -1.04. The molecule has 1 heterocycles. The average molecular weight is 331 g/mol. The summed E-state index contributed by atoms with van der Waals surface area (Å²) in [5.41, 5.74) is 6.63. The summed E-state index contributed by atoms with van der Waals surface area (Å²) < 4.78 is 8.43. The van der Waals surface area contributed by atoms with E-state index in [4.69, 9.17) is 22.1 Å². The number of aromatic nitrogens is 2. The Bertz CT molecular complexity index is 556. The van der Waals surface area contributed by atoms with Crippen LogP contribution in [0, 0.1) is 0 Å². The van der Waals surface area contributed by atoms with Crippen molar-refractivity contribution in [3.8, 4) is 5.75 Å². The standard InChI is InChI=1S/C12H13BrClN3O/c1-17-10(14)6-16-11(17)7-18-12-8(5-15)3-2-4-9(12)13/h2-4,6H,5,7,15H2,1H3. The van der Waals surface area contributed by atoms with Crippen molar-refractivity contribution in [1.82, 2.24) is 9.55 Å². The van der Waals surface area contributed by atoms with Crippen LogP contribution in [-0.2, 0) is 20.2 Å². The van der Waals surface area contributed by atoms with Crippen LogP contribution < -0.4 is 10.5 Å². The molecular weight excluding hydrogens is 318 g/mol. The second kappa shape index (κ2) is 5.73. The van der Waals surface area contributed by atoms with Crippen LogP contribution in [0.25, 0.3) is 0 Å². The normalized spacial score (nSPS) is 10.7. The number of nitrogens with two attached hydrogens (primary N) is 1. The van der Waals surface area contributed by atoms with Crippen LogP contribution in [0.5, 0.6) is 5.75 Å². The van der Waals surface area contributed by atoms with Crippen molar-refractivity contribution in [2.45, 2.75) is 13.2 Å². The third-order valence-electron chi connectivity index (χ3n) is 2.64. The van der Waals surface area contributed by atoms with E-state index in [1.54, 1.807) is 10.8 Å². The SMILES string of the molecule is Cn1c(Cl)cnc1COc1c(Br)cccc1CN. The number of halogens is 2. The van der Waals surface area contributed by atoms with Gasteiger partial charge >= 0.3 is 0 Å². The first-order valence-electron chi connectivity index (χ1n) is 5.40. The van der Waals surface area contributed by atoms with Crippen molar-refractivity contribution in [1.29, 1.82) is 0 Å². The van der Waals surface area contributed by atoms with Gasteiger partial charge in [0.15, 0.2) is 0 Å². The molecule has 0 aliphatic rings. The van der Waals surface area contributed by atoms with Crippen LogP contribution >= 0.6 is 27.5 Å². The van der Waals surface area contributed by atoms with Gasteiger partial charge in [-0.3, -0.25) is 0 Å². The van der Waals surface area contributed by atoms with Crippen LogP contribution in [0.2, 0.25) is 5.15 Å². The summed E-state index contributed by atoms with van der Waals surface area (Å²) in [7, 11) is 1.85. The Morgan fingerprint density at radius 2 is 2.28 bits per heavy atom. The number of nitrogens with zero attached hydrogens (tertiary/aromatic N) is 2. The van der Waals surface area contributed by atoms with Gasteiger partial charge in [0.25, 0.3) is 0 Å². The number of hydrogen-bond donors (Lipinski definition) is 1. The average Bonchev–Trinajstić information content (AvgIpc) is 2.68. The molecule has 0 radical (unpaired) electrons. The third-order valence-corrected chi connectivity index (χ3v) is 3.62. The Morgan fingerprint density at radius 3 is 2.89 bits per heavy atom. The summed E-state index contributed by atoms with van der Waals surface area (Å²) in [5.74, 6) is 1.51. The lowest BCUT2D eigenvalue weighted by Crippen LogP contribution is -2.07. The molecule has 2 aromatic rings. The first-order chi connectivity index (χ1) is 8.63. The zero-order chi connectivity index (χ0) is 13.1. The van der Waals surface area contributed by atoms with Gasteiger partial charge in [0, 0.05) is 19.2 Å². The number of hydrogen-bond acceptors (Lipinski definition) is 3. The summed E-state index contributed by atoms with van der Waals surface area (Å²) in [6.07, 6.45) is 1.60. The summed E-state index contributed by atoms with van der Waals surface area (Å²) in [6.45, 7) is 0.773. The Labute approximate surface area is 119 Å². The lowest BCUT2D eigenvalue weighted by Gasteiger charge is -2.12. The molecular formula is C12H13BrClN3O. The minimum Gasteiger partial charge on any atom is -0.484 e. The van der Waals surface area contributed by atoms with Gasteiger partial charge in [-0.1, -0.05) is 23.7 Å². The topological polar surface area (TPSA) is 53.1 Å². The van der Waals surface area contributed by atoms with Gasteiger partial charge in [0.2, 0.25) is 0 Å². The number of imidazole rings is 1. The van der Waals surface area contributed by atoms with Gasteiger partial charge in [-0.25, -0.2) is 4.98 Å². The Morgan fingerprint density at radius 1 is 1.50 bits per heavy atom. The summed E-state index contributed by atoms with van der Waals surface area (Å²) in [4.78, 5) is 4.18. The lowest BCUT2D eigenvalue weighted by molar-refractivity contribution is 0.287. The van der Waals surface area contributed by atoms with Crippen molar-refractivity contribution in [3.05, 3.63) is 45.4 Å². The van der Waals surface area contributed by atoms with E-state index in [0.717, 1.165) is 21.6 Å². The fourth-order valence-electron chi connectivity index (χ4n) is 1.57. The number of rotatable bonds is 4. The molecule has 4 nitrogen and oxygen atoms in total. The van der Waals surface area contributed by atoms with E-state index >= 15 is 0 Å². The number of ether oxygens (including phenoxy) is 1. The Balaban J connectivity index is 2.18. The maximum atomic E-state index is 5.92. The molecule has 96 valence electrons. The maximum Gasteiger partial charge on any atom is 0.147 e. The van der Waals surface area contributed by atoms with Gasteiger partial charge < -0.3 is 15.0 Å². The van der Waals surface area contributed by atoms with E-state index in [0.29, 0.717) is 18.3 Å². The molecule has 2 rings (SSSR count). The van der Waals surface area contributed by atoms with Crippen LogP contribution in [0.15, 0.2) is 28.9 Å². The summed E-state index contributed by atoms with van der Waals surface area (Å²) in [5, 5.41) is 0.583. The zero-order valence-corrected chi connectivity index (χ0v) is 12.2. The van der Waals surface area contributed by atoms with Crippen LogP contribution in [-0.4, -0.2) is 9.55 Å². The molecule has 0 saturated heterocycles. The van der Waals surface area contributed by atoms with E-state index in [2.05, 4.69) is 20.9 Å². The molecule has 18 heavy (non-hydrogen) atoms. The van der Waals surface area contributed by atoms with E-state index in [1.165, 1.54) is 0 Å². The highest BCUT2D eigenvalue weighted by atomic mass is 79.9. The first kappa shape index (κ1) is 13.4. The molecule has 0 aliphatic heterocycles. The molecule has 0 aliphatic carbocycles. The fourth-order valence-corrected chi connectivity index (χ4v) is 2.24. The quantitative estimate of drug-likeness (QED) is 0.938. The minimum absolute atomic E-state index is 0.346. The minimum atomic E-state index is 0.346. The van der Waals surface area contributed by atoms with Crippen molar-refractivity contribution in [2.24, 2.45) is 12.8 Å². The summed E-state index contributed by atoms with van der Waals surface area (Å²) in [6, 6.07) is 5.78.